The Hall–Kier alpha value is -1.59. The summed E-state index contributed by atoms with van der Waals surface area (Å²) in [5, 5.41) is 7.96. The van der Waals surface area contributed by atoms with E-state index in [4.69, 9.17) is 11.6 Å². The summed E-state index contributed by atoms with van der Waals surface area (Å²) in [4.78, 5) is 23.3. The molecule has 116 valence electrons. The molecular formula is C15H23ClN3O2+. The Kier molecular flexibility index (Phi) is 7.19. The lowest BCUT2D eigenvalue weighted by Gasteiger charge is -2.14. The molecule has 2 atom stereocenters. The number of rotatable bonds is 7. The average Bonchev–Trinajstić information content (AvgIpc) is 2.45. The van der Waals surface area contributed by atoms with Crippen LogP contribution in [-0.4, -0.2) is 30.9 Å². The summed E-state index contributed by atoms with van der Waals surface area (Å²) in [7, 11) is 0. The summed E-state index contributed by atoms with van der Waals surface area (Å²) in [6.07, 6.45) is 0. The Labute approximate surface area is 130 Å². The Balaban J connectivity index is 2.38. The maximum Gasteiger partial charge on any atom is 0.275 e. The first-order valence-electron chi connectivity index (χ1n) is 7.10. The molecule has 0 radical (unpaired) electrons. The van der Waals surface area contributed by atoms with Gasteiger partial charge in [0.25, 0.3) is 5.91 Å². The molecule has 0 saturated heterocycles. The summed E-state index contributed by atoms with van der Waals surface area (Å²) in [6.45, 7) is 6.36. The van der Waals surface area contributed by atoms with Gasteiger partial charge in [0.2, 0.25) is 5.91 Å². The molecular weight excluding hydrogens is 290 g/mol. The summed E-state index contributed by atoms with van der Waals surface area (Å²) in [5.74, 6) is -0.328. The summed E-state index contributed by atoms with van der Waals surface area (Å²) in [6, 6.07) is 7.18. The molecule has 0 bridgehead atoms. The third-order valence-electron chi connectivity index (χ3n) is 3.17. The van der Waals surface area contributed by atoms with Gasteiger partial charge in [0.15, 0.2) is 6.54 Å². The van der Waals surface area contributed by atoms with Gasteiger partial charge in [-0.15, -0.1) is 0 Å². The van der Waals surface area contributed by atoms with Crippen molar-refractivity contribution in [2.45, 2.75) is 32.9 Å². The number of amides is 2. The number of carbonyl (C=O) groups excluding carboxylic acids is 2. The normalized spacial score (nSPS) is 13.3. The van der Waals surface area contributed by atoms with Crippen LogP contribution in [0.3, 0.4) is 0 Å². The van der Waals surface area contributed by atoms with E-state index < -0.39 is 6.04 Å². The number of nitrogens with one attached hydrogen (secondary N) is 2. The topological polar surface area (TPSA) is 74.8 Å². The highest BCUT2D eigenvalue weighted by Gasteiger charge is 2.17. The first kappa shape index (κ1) is 17.5. The van der Waals surface area contributed by atoms with E-state index >= 15 is 0 Å². The molecule has 1 rings (SSSR count). The molecule has 21 heavy (non-hydrogen) atoms. The van der Waals surface area contributed by atoms with Crippen molar-refractivity contribution in [2.24, 2.45) is 0 Å². The molecule has 0 saturated carbocycles. The van der Waals surface area contributed by atoms with Gasteiger partial charge in [-0.05, 0) is 32.9 Å². The van der Waals surface area contributed by atoms with E-state index in [9.17, 15) is 9.59 Å². The fraction of sp³-hybridized carbons (Fsp3) is 0.467. The first-order chi connectivity index (χ1) is 9.93. The van der Waals surface area contributed by atoms with Gasteiger partial charge in [0, 0.05) is 17.1 Å². The van der Waals surface area contributed by atoms with Crippen molar-refractivity contribution in [3.63, 3.8) is 0 Å². The monoisotopic (exact) mass is 312 g/mol. The Bertz CT molecular complexity index is 476. The quantitative estimate of drug-likeness (QED) is 0.690. The highest BCUT2D eigenvalue weighted by Crippen LogP contribution is 2.13. The van der Waals surface area contributed by atoms with Crippen molar-refractivity contribution in [1.82, 2.24) is 10.6 Å². The minimum Gasteiger partial charge on any atom is -0.355 e. The van der Waals surface area contributed by atoms with Crippen LogP contribution in [0.2, 0.25) is 5.02 Å². The lowest BCUT2D eigenvalue weighted by atomic mass is 10.1. The lowest BCUT2D eigenvalue weighted by Crippen LogP contribution is -2.87. The molecule has 0 aliphatic carbocycles. The number of halogens is 1. The number of nitrogens with two attached hydrogens (primary N) is 1. The molecule has 1 aromatic rings. The fourth-order valence-electron chi connectivity index (χ4n) is 1.88. The van der Waals surface area contributed by atoms with Gasteiger partial charge in [0.1, 0.15) is 12.1 Å². The van der Waals surface area contributed by atoms with Crippen LogP contribution < -0.4 is 16.0 Å². The van der Waals surface area contributed by atoms with Crippen LogP contribution in [0.4, 0.5) is 0 Å². The molecule has 4 N–H and O–H groups in total. The standard InChI is InChI=1S/C15H22ClN3O2/c1-4-17-15(21)11(3)19-14(20)9-18-10(2)12-5-7-13(16)8-6-12/h5-8,10-11,18H,4,9H2,1-3H3,(H,17,21)(H,19,20)/p+1/t10-,11+/m0/s1. The molecule has 0 unspecified atom stereocenters. The van der Waals surface area contributed by atoms with Crippen molar-refractivity contribution in [3.05, 3.63) is 34.9 Å². The van der Waals surface area contributed by atoms with E-state index in [1.807, 2.05) is 43.4 Å². The second-order valence-electron chi connectivity index (χ2n) is 4.96. The Morgan fingerprint density at radius 2 is 1.86 bits per heavy atom. The first-order valence-corrected chi connectivity index (χ1v) is 7.47. The molecule has 5 nitrogen and oxygen atoms in total. The van der Waals surface area contributed by atoms with Crippen LogP contribution in [0, 0.1) is 0 Å². The van der Waals surface area contributed by atoms with E-state index in [-0.39, 0.29) is 24.4 Å². The van der Waals surface area contributed by atoms with Crippen molar-refractivity contribution in [2.75, 3.05) is 13.1 Å². The zero-order chi connectivity index (χ0) is 15.8. The summed E-state index contributed by atoms with van der Waals surface area (Å²) in [5.41, 5.74) is 1.10. The van der Waals surface area contributed by atoms with Gasteiger partial charge in [-0.1, -0.05) is 23.7 Å². The lowest BCUT2D eigenvalue weighted by molar-refractivity contribution is -0.682. The van der Waals surface area contributed by atoms with Gasteiger partial charge < -0.3 is 16.0 Å². The molecule has 0 heterocycles. The van der Waals surface area contributed by atoms with Crippen molar-refractivity contribution >= 4 is 23.4 Å². The molecule has 6 heteroatoms. The SMILES string of the molecule is CCNC(=O)[C@@H](C)NC(=O)C[NH2+][C@@H](C)c1ccc(Cl)cc1. The fourth-order valence-corrected chi connectivity index (χ4v) is 2.01. The van der Waals surface area contributed by atoms with E-state index in [0.717, 1.165) is 5.56 Å². The highest BCUT2D eigenvalue weighted by atomic mass is 35.5. The van der Waals surface area contributed by atoms with Crippen LogP contribution in [0.5, 0.6) is 0 Å². The summed E-state index contributed by atoms with van der Waals surface area (Å²) >= 11 is 5.84. The maximum absolute atomic E-state index is 11.8. The van der Waals surface area contributed by atoms with Crippen LogP contribution >= 0.6 is 11.6 Å². The van der Waals surface area contributed by atoms with Crippen molar-refractivity contribution in [3.8, 4) is 0 Å². The molecule has 0 aliphatic rings. The van der Waals surface area contributed by atoms with E-state index in [1.54, 1.807) is 6.92 Å². The van der Waals surface area contributed by atoms with E-state index in [1.165, 1.54) is 0 Å². The molecule has 2 amide bonds. The third kappa shape index (κ3) is 6.14. The number of quaternary nitrogens is 1. The largest absolute Gasteiger partial charge is 0.355 e. The van der Waals surface area contributed by atoms with Crippen molar-refractivity contribution < 1.29 is 14.9 Å². The van der Waals surface area contributed by atoms with Gasteiger partial charge in [-0.3, -0.25) is 9.59 Å². The Morgan fingerprint density at radius 3 is 2.43 bits per heavy atom. The number of hydrogen-bond acceptors (Lipinski definition) is 2. The number of hydrogen-bond donors (Lipinski definition) is 3. The minimum absolute atomic E-state index is 0.146. The van der Waals surface area contributed by atoms with Crippen LogP contribution in [0.15, 0.2) is 24.3 Å². The van der Waals surface area contributed by atoms with Crippen LogP contribution in [-0.2, 0) is 9.59 Å². The van der Waals surface area contributed by atoms with Crippen molar-refractivity contribution in [1.29, 1.82) is 0 Å². The van der Waals surface area contributed by atoms with E-state index in [2.05, 4.69) is 10.6 Å². The molecule has 0 fully saturated rings. The third-order valence-corrected chi connectivity index (χ3v) is 3.43. The smallest absolute Gasteiger partial charge is 0.275 e. The second-order valence-corrected chi connectivity index (χ2v) is 5.40. The van der Waals surface area contributed by atoms with Gasteiger partial charge >= 0.3 is 0 Å². The van der Waals surface area contributed by atoms with Crippen LogP contribution in [0.25, 0.3) is 0 Å². The molecule has 0 spiro atoms. The molecule has 1 aromatic carbocycles. The van der Waals surface area contributed by atoms with E-state index in [0.29, 0.717) is 11.6 Å². The average molecular weight is 313 g/mol. The molecule has 0 aromatic heterocycles. The number of benzene rings is 1. The molecule has 0 aliphatic heterocycles. The predicted octanol–water partition coefficient (Wildman–Crippen LogP) is 0.605. The predicted molar refractivity (Wildman–Crippen MR) is 82.9 cm³/mol. The zero-order valence-corrected chi connectivity index (χ0v) is 13.4. The highest BCUT2D eigenvalue weighted by molar-refractivity contribution is 6.30. The van der Waals surface area contributed by atoms with Gasteiger partial charge in [0.05, 0.1) is 0 Å². The maximum atomic E-state index is 11.8. The number of likely N-dealkylation sites (N-methyl/N-ethyl adjacent to an activating group) is 1. The van der Waals surface area contributed by atoms with Gasteiger partial charge in [-0.25, -0.2) is 0 Å². The number of carbonyl (C=O) groups is 2. The Morgan fingerprint density at radius 1 is 1.24 bits per heavy atom. The van der Waals surface area contributed by atoms with Crippen LogP contribution in [0.1, 0.15) is 32.4 Å². The minimum atomic E-state index is -0.517. The second kappa shape index (κ2) is 8.64. The van der Waals surface area contributed by atoms with Gasteiger partial charge in [-0.2, -0.15) is 0 Å². The zero-order valence-electron chi connectivity index (χ0n) is 12.7. The summed E-state index contributed by atoms with van der Waals surface area (Å²) < 4.78 is 0.